The summed E-state index contributed by atoms with van der Waals surface area (Å²) in [6.07, 6.45) is 0.773. The normalized spacial score (nSPS) is 12.0. The van der Waals surface area contributed by atoms with Gasteiger partial charge in [0.15, 0.2) is 0 Å². The lowest BCUT2D eigenvalue weighted by Gasteiger charge is -2.18. The fraction of sp³-hybridized carbons (Fsp3) is 0.250. The zero-order valence-electron chi connectivity index (χ0n) is 11.7. The summed E-state index contributed by atoms with van der Waals surface area (Å²) in [6.45, 7) is 0. The van der Waals surface area contributed by atoms with Gasteiger partial charge in [0.2, 0.25) is 0 Å². The molecule has 0 radical (unpaired) electrons. The minimum atomic E-state index is 0.0922. The van der Waals surface area contributed by atoms with Crippen molar-refractivity contribution < 1.29 is 9.47 Å². The molecule has 0 aliphatic heterocycles. The summed E-state index contributed by atoms with van der Waals surface area (Å²) in [6, 6.07) is 11.8. The molecule has 0 aliphatic carbocycles. The molecule has 0 saturated carbocycles. The van der Waals surface area contributed by atoms with Gasteiger partial charge in [-0.15, -0.1) is 0 Å². The Balaban J connectivity index is 2.33. The Bertz CT molecular complexity index is 632. The summed E-state index contributed by atoms with van der Waals surface area (Å²) in [4.78, 5) is 0.0922. The highest BCUT2D eigenvalue weighted by molar-refractivity contribution is 9.10. The van der Waals surface area contributed by atoms with Crippen molar-refractivity contribution in [3.63, 3.8) is 0 Å². The molecule has 0 heterocycles. The topological polar surface area (TPSA) is 18.5 Å². The molecule has 2 nitrogen and oxygen atoms in total. The largest absolute Gasteiger partial charge is 0.495 e. The van der Waals surface area contributed by atoms with Gasteiger partial charge in [-0.05, 0) is 40.0 Å². The van der Waals surface area contributed by atoms with Crippen molar-refractivity contribution in [2.24, 2.45) is 0 Å². The first-order chi connectivity index (χ1) is 10.1. The number of hydrogen-bond acceptors (Lipinski definition) is 2. The van der Waals surface area contributed by atoms with Gasteiger partial charge in [0.25, 0.3) is 0 Å². The number of alkyl halides is 1. The van der Waals surface area contributed by atoms with Crippen LogP contribution in [0.3, 0.4) is 0 Å². The van der Waals surface area contributed by atoms with E-state index in [1.54, 1.807) is 14.2 Å². The summed E-state index contributed by atoms with van der Waals surface area (Å²) >= 11 is 13.5. The van der Waals surface area contributed by atoms with Crippen LogP contribution in [0.15, 0.2) is 40.9 Å². The van der Waals surface area contributed by atoms with E-state index in [9.17, 15) is 0 Å². The van der Waals surface area contributed by atoms with Gasteiger partial charge in [-0.2, -0.15) is 0 Å². The molecule has 21 heavy (non-hydrogen) atoms. The van der Waals surface area contributed by atoms with Crippen LogP contribution in [0, 0.1) is 0 Å². The highest BCUT2D eigenvalue weighted by Crippen LogP contribution is 2.43. The van der Waals surface area contributed by atoms with Crippen LogP contribution in [0.2, 0.25) is 5.02 Å². The second-order valence-corrected chi connectivity index (χ2v) is 6.77. The zero-order chi connectivity index (χ0) is 15.4. The van der Waals surface area contributed by atoms with E-state index in [1.165, 1.54) is 0 Å². The zero-order valence-corrected chi connectivity index (χ0v) is 15.6. The van der Waals surface area contributed by atoms with E-state index < -0.39 is 0 Å². The molecule has 5 heteroatoms. The Morgan fingerprint density at radius 1 is 1.10 bits per heavy atom. The minimum absolute atomic E-state index is 0.0922. The van der Waals surface area contributed by atoms with E-state index in [0.717, 1.165) is 38.5 Å². The Morgan fingerprint density at radius 2 is 1.81 bits per heavy atom. The monoisotopic (exact) mass is 432 g/mol. The second-order valence-electron chi connectivity index (χ2n) is 4.47. The third-order valence-corrected chi connectivity index (χ3v) is 5.15. The van der Waals surface area contributed by atoms with Crippen LogP contribution in [0.4, 0.5) is 0 Å². The van der Waals surface area contributed by atoms with Crippen LogP contribution in [0.1, 0.15) is 16.0 Å². The lowest BCUT2D eigenvalue weighted by atomic mass is 10.0. The average Bonchev–Trinajstić information content (AvgIpc) is 2.49. The molecule has 1 unspecified atom stereocenters. The maximum atomic E-state index is 6.23. The van der Waals surface area contributed by atoms with E-state index >= 15 is 0 Å². The molecule has 0 N–H and O–H groups in total. The molecule has 0 aliphatic rings. The van der Waals surface area contributed by atoms with Crippen molar-refractivity contribution in [3.8, 4) is 11.5 Å². The Labute approximate surface area is 146 Å². The van der Waals surface area contributed by atoms with Crippen molar-refractivity contribution in [1.82, 2.24) is 0 Å². The first-order valence-electron chi connectivity index (χ1n) is 6.36. The van der Waals surface area contributed by atoms with Gasteiger partial charge in [-0.25, -0.2) is 0 Å². The second kappa shape index (κ2) is 7.52. The predicted molar refractivity (Wildman–Crippen MR) is 94.1 cm³/mol. The van der Waals surface area contributed by atoms with E-state index in [-0.39, 0.29) is 4.83 Å². The Hall–Kier alpha value is -0.710. The Morgan fingerprint density at radius 3 is 2.43 bits per heavy atom. The predicted octanol–water partition coefficient (Wildman–Crippen LogP) is 5.80. The Kier molecular flexibility index (Phi) is 5.97. The summed E-state index contributed by atoms with van der Waals surface area (Å²) < 4.78 is 11.6. The fourth-order valence-electron chi connectivity index (χ4n) is 2.13. The summed E-state index contributed by atoms with van der Waals surface area (Å²) in [5, 5.41) is 0.772. The molecule has 2 rings (SSSR count). The molecule has 0 fully saturated rings. The summed E-state index contributed by atoms with van der Waals surface area (Å²) in [5.41, 5.74) is 2.14. The summed E-state index contributed by atoms with van der Waals surface area (Å²) in [7, 11) is 3.28. The van der Waals surface area contributed by atoms with Gasteiger partial charge < -0.3 is 9.47 Å². The lowest BCUT2D eigenvalue weighted by molar-refractivity contribution is 0.386. The SMILES string of the molecule is COc1ccc(C(Br)Cc2ccccc2Cl)c(OC)c1Br. The third kappa shape index (κ3) is 3.74. The molecule has 0 aromatic heterocycles. The van der Waals surface area contributed by atoms with Crippen molar-refractivity contribution in [2.75, 3.05) is 14.2 Å². The van der Waals surface area contributed by atoms with Crippen LogP contribution in [0.5, 0.6) is 11.5 Å². The van der Waals surface area contributed by atoms with Crippen LogP contribution in [-0.4, -0.2) is 14.2 Å². The lowest BCUT2D eigenvalue weighted by Crippen LogP contribution is -2.01. The number of methoxy groups -OCH3 is 2. The van der Waals surface area contributed by atoms with Crippen molar-refractivity contribution in [2.45, 2.75) is 11.2 Å². The van der Waals surface area contributed by atoms with Crippen molar-refractivity contribution in [3.05, 3.63) is 57.0 Å². The molecular weight excluding hydrogens is 419 g/mol. The average molecular weight is 435 g/mol. The number of ether oxygens (including phenoxy) is 2. The molecule has 2 aromatic carbocycles. The van der Waals surface area contributed by atoms with E-state index in [2.05, 4.69) is 31.9 Å². The van der Waals surface area contributed by atoms with Gasteiger partial charge in [-0.3, -0.25) is 0 Å². The molecule has 1 atom stereocenters. The number of benzene rings is 2. The maximum Gasteiger partial charge on any atom is 0.141 e. The smallest absolute Gasteiger partial charge is 0.141 e. The highest BCUT2D eigenvalue weighted by Gasteiger charge is 2.19. The quantitative estimate of drug-likeness (QED) is 0.554. The van der Waals surface area contributed by atoms with E-state index in [1.807, 2.05) is 36.4 Å². The maximum absolute atomic E-state index is 6.23. The van der Waals surface area contributed by atoms with Crippen molar-refractivity contribution in [1.29, 1.82) is 0 Å². The van der Waals surface area contributed by atoms with Gasteiger partial charge in [0, 0.05) is 15.4 Å². The summed E-state index contributed by atoms with van der Waals surface area (Å²) in [5.74, 6) is 1.51. The number of rotatable bonds is 5. The van der Waals surface area contributed by atoms with Gasteiger partial charge in [0.1, 0.15) is 16.0 Å². The highest BCUT2D eigenvalue weighted by atomic mass is 79.9. The van der Waals surface area contributed by atoms with Gasteiger partial charge >= 0.3 is 0 Å². The molecule has 112 valence electrons. The first kappa shape index (κ1) is 16.7. The van der Waals surface area contributed by atoms with E-state index in [0.29, 0.717) is 0 Å². The number of halogens is 3. The van der Waals surface area contributed by atoms with Crippen LogP contribution < -0.4 is 9.47 Å². The minimum Gasteiger partial charge on any atom is -0.495 e. The van der Waals surface area contributed by atoms with Gasteiger partial charge in [0.05, 0.1) is 14.2 Å². The first-order valence-corrected chi connectivity index (χ1v) is 8.45. The van der Waals surface area contributed by atoms with Crippen LogP contribution in [0.25, 0.3) is 0 Å². The van der Waals surface area contributed by atoms with Crippen LogP contribution >= 0.6 is 43.5 Å². The number of hydrogen-bond donors (Lipinski definition) is 0. The molecule has 0 saturated heterocycles. The van der Waals surface area contributed by atoms with Gasteiger partial charge in [-0.1, -0.05) is 51.8 Å². The van der Waals surface area contributed by atoms with E-state index in [4.69, 9.17) is 21.1 Å². The molecule has 0 bridgehead atoms. The van der Waals surface area contributed by atoms with Crippen LogP contribution in [-0.2, 0) is 6.42 Å². The van der Waals surface area contributed by atoms with Crippen molar-refractivity contribution >= 4 is 43.5 Å². The molecule has 0 amide bonds. The standard InChI is InChI=1S/C16H15Br2ClO2/c1-20-14-8-7-11(16(21-2)15(14)18)12(17)9-10-5-3-4-6-13(10)19/h3-8,12H,9H2,1-2H3. The molecule has 2 aromatic rings. The fourth-order valence-corrected chi connectivity index (χ4v) is 3.74. The third-order valence-electron chi connectivity index (χ3n) is 3.21. The molecule has 0 spiro atoms. The molecular formula is C16H15Br2ClO2.